The van der Waals surface area contributed by atoms with Gasteiger partial charge in [-0.2, -0.15) is 0 Å². The second-order valence-corrected chi connectivity index (χ2v) is 10.0. The summed E-state index contributed by atoms with van der Waals surface area (Å²) in [6.07, 6.45) is 0. The van der Waals surface area contributed by atoms with Crippen LogP contribution in [0.4, 0.5) is 5.69 Å². The molecule has 0 bridgehead atoms. The quantitative estimate of drug-likeness (QED) is 0.751. The van der Waals surface area contributed by atoms with Crippen LogP contribution in [0.3, 0.4) is 0 Å². The van der Waals surface area contributed by atoms with Crippen LogP contribution in [0.15, 0.2) is 58.3 Å². The number of anilines is 1. The smallest absolute Gasteiger partial charge is 0.261 e. The topological polar surface area (TPSA) is 92.3 Å². The third-order valence-corrected chi connectivity index (χ3v) is 6.74. The molecule has 142 valence electrons. The number of hydrogen-bond acceptors (Lipinski definition) is 4. The number of rotatable bonds is 7. The molecule has 0 aromatic heterocycles. The third-order valence-electron chi connectivity index (χ3n) is 3.66. The number of benzene rings is 2. The van der Waals surface area contributed by atoms with Gasteiger partial charge in [-0.25, -0.2) is 21.6 Å². The Balaban J connectivity index is 2.20. The van der Waals surface area contributed by atoms with Crippen LogP contribution in [0.1, 0.15) is 39.2 Å². The van der Waals surface area contributed by atoms with Crippen LogP contribution in [0, 0.1) is 0 Å². The van der Waals surface area contributed by atoms with Crippen LogP contribution in [0.25, 0.3) is 0 Å². The molecule has 0 fully saturated rings. The number of nitrogens with one attached hydrogen (secondary N) is 2. The summed E-state index contributed by atoms with van der Waals surface area (Å²) in [4.78, 5) is 0.232. The summed E-state index contributed by atoms with van der Waals surface area (Å²) >= 11 is 0. The van der Waals surface area contributed by atoms with E-state index in [1.807, 2.05) is 13.8 Å². The van der Waals surface area contributed by atoms with Gasteiger partial charge in [0.25, 0.3) is 10.0 Å². The number of hydrogen-bond donors (Lipinski definition) is 2. The molecule has 0 saturated heterocycles. The first-order chi connectivity index (χ1) is 12.0. The van der Waals surface area contributed by atoms with Crippen LogP contribution in [-0.4, -0.2) is 22.9 Å². The molecule has 8 heteroatoms. The Morgan fingerprint density at radius 3 is 1.62 bits per heavy atom. The molecular weight excluding hydrogens is 372 g/mol. The Bertz CT molecular complexity index is 947. The molecule has 2 aromatic carbocycles. The maximum Gasteiger partial charge on any atom is 0.261 e. The minimum atomic E-state index is -3.74. The molecule has 26 heavy (non-hydrogen) atoms. The van der Waals surface area contributed by atoms with Crippen molar-refractivity contribution < 1.29 is 16.8 Å². The van der Waals surface area contributed by atoms with Gasteiger partial charge < -0.3 is 0 Å². The van der Waals surface area contributed by atoms with Crippen molar-refractivity contribution in [2.24, 2.45) is 0 Å². The lowest BCUT2D eigenvalue weighted by Crippen LogP contribution is -2.30. The molecule has 0 atom stereocenters. The third kappa shape index (κ3) is 5.06. The fourth-order valence-electron chi connectivity index (χ4n) is 2.33. The highest BCUT2D eigenvalue weighted by Gasteiger charge is 2.17. The van der Waals surface area contributed by atoms with Crippen molar-refractivity contribution in [1.29, 1.82) is 0 Å². The summed E-state index contributed by atoms with van der Waals surface area (Å²) in [5.41, 5.74) is 1.34. The Hall–Kier alpha value is -1.90. The van der Waals surface area contributed by atoms with Crippen molar-refractivity contribution in [2.45, 2.75) is 49.4 Å². The summed E-state index contributed by atoms with van der Waals surface area (Å²) in [5, 5.41) is 0. The second kappa shape index (κ2) is 7.77. The van der Waals surface area contributed by atoms with E-state index in [9.17, 15) is 16.8 Å². The van der Waals surface area contributed by atoms with Gasteiger partial charge in [0.15, 0.2) is 0 Å². The molecular formula is C18H24N2O4S2. The minimum Gasteiger partial charge on any atom is -0.280 e. The van der Waals surface area contributed by atoms with E-state index >= 15 is 0 Å². The second-order valence-electron chi connectivity index (χ2n) is 6.63. The Morgan fingerprint density at radius 2 is 1.15 bits per heavy atom. The van der Waals surface area contributed by atoms with Gasteiger partial charge in [-0.1, -0.05) is 26.0 Å². The maximum absolute atomic E-state index is 12.5. The van der Waals surface area contributed by atoms with E-state index in [0.717, 1.165) is 5.56 Å². The summed E-state index contributed by atoms with van der Waals surface area (Å²) in [5.74, 6) is 0.314. The molecule has 0 radical (unpaired) electrons. The van der Waals surface area contributed by atoms with Gasteiger partial charge in [0.05, 0.1) is 9.79 Å². The van der Waals surface area contributed by atoms with E-state index in [-0.39, 0.29) is 15.8 Å². The predicted octanol–water partition coefficient (Wildman–Crippen LogP) is 3.30. The van der Waals surface area contributed by atoms with E-state index in [2.05, 4.69) is 9.44 Å². The fourth-order valence-corrected chi connectivity index (χ4v) is 4.64. The summed E-state index contributed by atoms with van der Waals surface area (Å²) in [6.45, 7) is 7.52. The van der Waals surface area contributed by atoms with Crippen LogP contribution in [0.2, 0.25) is 0 Å². The van der Waals surface area contributed by atoms with Crippen LogP contribution in [0.5, 0.6) is 0 Å². The highest BCUT2D eigenvalue weighted by molar-refractivity contribution is 7.92. The first-order valence-electron chi connectivity index (χ1n) is 8.26. The van der Waals surface area contributed by atoms with Crippen LogP contribution >= 0.6 is 0 Å². The Labute approximate surface area is 155 Å². The minimum absolute atomic E-state index is 0.0791. The zero-order chi connectivity index (χ0) is 19.5. The lowest BCUT2D eigenvalue weighted by atomic mass is 10.0. The lowest BCUT2D eigenvalue weighted by molar-refractivity contribution is 0.570. The Morgan fingerprint density at radius 1 is 0.692 bits per heavy atom. The van der Waals surface area contributed by atoms with Gasteiger partial charge in [0, 0.05) is 11.7 Å². The molecule has 0 unspecified atom stereocenters. The van der Waals surface area contributed by atoms with Crippen molar-refractivity contribution in [3.05, 3.63) is 54.1 Å². The zero-order valence-electron chi connectivity index (χ0n) is 15.2. The molecule has 0 heterocycles. The molecule has 0 aliphatic rings. The average molecular weight is 397 g/mol. The van der Waals surface area contributed by atoms with E-state index in [1.165, 1.54) is 24.3 Å². The summed E-state index contributed by atoms with van der Waals surface area (Å²) in [6, 6.07) is 12.0. The first-order valence-corrected chi connectivity index (χ1v) is 11.2. The van der Waals surface area contributed by atoms with Gasteiger partial charge in [-0.3, -0.25) is 4.72 Å². The standard InChI is InChI=1S/C18H24N2O4S2/c1-13(2)15-5-9-17(10-6-15)26(23,24)20-16-7-11-18(12-8-16)25(21,22)19-14(3)4/h5-14,19-20H,1-4H3. The van der Waals surface area contributed by atoms with Crippen molar-refractivity contribution in [3.63, 3.8) is 0 Å². The maximum atomic E-state index is 12.5. The highest BCUT2D eigenvalue weighted by atomic mass is 32.2. The fraction of sp³-hybridized carbons (Fsp3) is 0.333. The first kappa shape index (κ1) is 20.4. The van der Waals surface area contributed by atoms with Crippen molar-refractivity contribution in [1.82, 2.24) is 4.72 Å². The van der Waals surface area contributed by atoms with Crippen molar-refractivity contribution in [3.8, 4) is 0 Å². The van der Waals surface area contributed by atoms with E-state index < -0.39 is 20.0 Å². The molecule has 0 aliphatic carbocycles. The van der Waals surface area contributed by atoms with Crippen LogP contribution in [-0.2, 0) is 20.0 Å². The zero-order valence-corrected chi connectivity index (χ0v) is 16.9. The Kier molecular flexibility index (Phi) is 6.10. The highest BCUT2D eigenvalue weighted by Crippen LogP contribution is 2.21. The van der Waals surface area contributed by atoms with E-state index in [1.54, 1.807) is 38.1 Å². The van der Waals surface area contributed by atoms with E-state index in [4.69, 9.17) is 0 Å². The summed E-state index contributed by atoms with van der Waals surface area (Å²) in [7, 11) is -7.35. The monoisotopic (exact) mass is 396 g/mol. The molecule has 2 N–H and O–H groups in total. The SMILES string of the molecule is CC(C)NS(=O)(=O)c1ccc(NS(=O)(=O)c2ccc(C(C)C)cc2)cc1. The van der Waals surface area contributed by atoms with Gasteiger partial charge in [0.2, 0.25) is 10.0 Å². The normalized spacial score (nSPS) is 12.5. The van der Waals surface area contributed by atoms with E-state index in [0.29, 0.717) is 11.6 Å². The van der Waals surface area contributed by atoms with Gasteiger partial charge in [-0.15, -0.1) is 0 Å². The molecule has 0 amide bonds. The molecule has 6 nitrogen and oxygen atoms in total. The van der Waals surface area contributed by atoms with Gasteiger partial charge >= 0.3 is 0 Å². The van der Waals surface area contributed by atoms with Gasteiger partial charge in [0.1, 0.15) is 0 Å². The molecule has 2 rings (SSSR count). The molecule has 0 aliphatic heterocycles. The average Bonchev–Trinajstić information content (AvgIpc) is 2.54. The largest absolute Gasteiger partial charge is 0.280 e. The molecule has 0 saturated carbocycles. The molecule has 0 spiro atoms. The van der Waals surface area contributed by atoms with Crippen molar-refractivity contribution in [2.75, 3.05) is 4.72 Å². The predicted molar refractivity (Wildman–Crippen MR) is 103 cm³/mol. The summed E-state index contributed by atoms with van der Waals surface area (Å²) < 4.78 is 54.1. The van der Waals surface area contributed by atoms with Gasteiger partial charge in [-0.05, 0) is 61.7 Å². The number of sulfonamides is 2. The lowest BCUT2D eigenvalue weighted by Gasteiger charge is -2.12. The van der Waals surface area contributed by atoms with Crippen LogP contribution < -0.4 is 9.44 Å². The van der Waals surface area contributed by atoms with Crippen molar-refractivity contribution >= 4 is 25.7 Å². The molecule has 2 aromatic rings.